The number of hydrogen-bond donors (Lipinski definition) is 1. The van der Waals surface area contributed by atoms with Crippen molar-refractivity contribution in [2.24, 2.45) is 5.92 Å². The molecule has 1 aliphatic rings. The summed E-state index contributed by atoms with van der Waals surface area (Å²) in [4.78, 5) is 14.8. The number of nitrogens with zero attached hydrogens (tertiary/aromatic N) is 2. The van der Waals surface area contributed by atoms with Crippen LogP contribution in [0.1, 0.15) is 40.7 Å². The lowest BCUT2D eigenvalue weighted by molar-refractivity contribution is 0.0949. The molecule has 31 heavy (non-hydrogen) atoms. The van der Waals surface area contributed by atoms with E-state index in [2.05, 4.69) is 17.3 Å². The first-order valence-electron chi connectivity index (χ1n) is 10.8. The second kappa shape index (κ2) is 10.3. The molecule has 1 fully saturated rings. The van der Waals surface area contributed by atoms with Gasteiger partial charge in [0, 0.05) is 12.1 Å². The zero-order chi connectivity index (χ0) is 22.4. The molecule has 0 radical (unpaired) electrons. The van der Waals surface area contributed by atoms with Crippen LogP contribution in [0.25, 0.3) is 0 Å². The lowest BCUT2D eigenvalue weighted by atomic mass is 9.94. The zero-order valence-electron chi connectivity index (χ0n) is 18.7. The Morgan fingerprint density at radius 3 is 2.35 bits per heavy atom. The van der Waals surface area contributed by atoms with Crippen LogP contribution in [0.2, 0.25) is 0 Å². The summed E-state index contributed by atoms with van der Waals surface area (Å²) in [5, 5.41) is 3.00. The Labute approximate surface area is 186 Å². The summed E-state index contributed by atoms with van der Waals surface area (Å²) < 4.78 is 26.2. The molecular formula is C24H33N3O3S. The van der Waals surface area contributed by atoms with E-state index >= 15 is 0 Å². The maximum Gasteiger partial charge on any atom is 0.251 e. The zero-order valence-corrected chi connectivity index (χ0v) is 19.5. The Balaban J connectivity index is 1.61. The van der Waals surface area contributed by atoms with Crippen LogP contribution < -0.4 is 9.62 Å². The van der Waals surface area contributed by atoms with Crippen LogP contribution >= 0.6 is 0 Å². The molecule has 1 aliphatic heterocycles. The van der Waals surface area contributed by atoms with E-state index in [4.69, 9.17) is 0 Å². The van der Waals surface area contributed by atoms with E-state index in [0.29, 0.717) is 23.7 Å². The standard InChI is InChI=1S/C24H33N3O3S/c1-19-6-4-5-7-22(19)18-27(31(3,29)30)23-10-8-21(9-11-23)24(28)25-15-12-20-13-16-26(2)17-14-20/h4-11,20H,12-18H2,1-3H3,(H,25,28). The number of piperidine rings is 1. The summed E-state index contributed by atoms with van der Waals surface area (Å²) in [6.45, 7) is 5.14. The number of amides is 1. The van der Waals surface area contributed by atoms with Gasteiger partial charge in [0.15, 0.2) is 0 Å². The van der Waals surface area contributed by atoms with Gasteiger partial charge in [-0.3, -0.25) is 9.10 Å². The highest BCUT2D eigenvalue weighted by Crippen LogP contribution is 2.23. The molecule has 0 aromatic heterocycles. The second-order valence-electron chi connectivity index (χ2n) is 8.53. The Bertz CT molecular complexity index is 981. The number of nitrogens with one attached hydrogen (secondary N) is 1. The van der Waals surface area contributed by atoms with Crippen molar-refractivity contribution in [1.29, 1.82) is 0 Å². The Morgan fingerprint density at radius 2 is 1.74 bits per heavy atom. The Kier molecular flexibility index (Phi) is 7.73. The maximum absolute atomic E-state index is 12.5. The number of benzene rings is 2. The number of carbonyl (C=O) groups is 1. The molecule has 0 saturated carbocycles. The van der Waals surface area contributed by atoms with E-state index < -0.39 is 10.0 Å². The van der Waals surface area contributed by atoms with E-state index in [0.717, 1.165) is 30.6 Å². The van der Waals surface area contributed by atoms with Gasteiger partial charge in [-0.05, 0) is 87.6 Å². The molecule has 2 aromatic rings. The third-order valence-electron chi connectivity index (χ3n) is 6.07. The largest absolute Gasteiger partial charge is 0.352 e. The van der Waals surface area contributed by atoms with Gasteiger partial charge in [0.05, 0.1) is 18.5 Å². The van der Waals surface area contributed by atoms with Gasteiger partial charge in [-0.1, -0.05) is 24.3 Å². The Morgan fingerprint density at radius 1 is 1.10 bits per heavy atom. The van der Waals surface area contributed by atoms with E-state index in [1.807, 2.05) is 31.2 Å². The lowest BCUT2D eigenvalue weighted by Crippen LogP contribution is -2.32. The van der Waals surface area contributed by atoms with E-state index in [-0.39, 0.29) is 12.5 Å². The molecule has 1 heterocycles. The summed E-state index contributed by atoms with van der Waals surface area (Å²) in [6, 6.07) is 14.5. The number of anilines is 1. The van der Waals surface area contributed by atoms with Crippen LogP contribution in [0.15, 0.2) is 48.5 Å². The molecule has 0 unspecified atom stereocenters. The quantitative estimate of drug-likeness (QED) is 0.679. The highest BCUT2D eigenvalue weighted by molar-refractivity contribution is 7.92. The van der Waals surface area contributed by atoms with Crippen molar-refractivity contribution in [1.82, 2.24) is 10.2 Å². The van der Waals surface area contributed by atoms with Crippen LogP contribution in [0.3, 0.4) is 0 Å². The van der Waals surface area contributed by atoms with E-state index in [1.165, 1.54) is 23.4 Å². The summed E-state index contributed by atoms with van der Waals surface area (Å²) in [6.07, 6.45) is 4.57. The molecule has 7 heteroatoms. The number of likely N-dealkylation sites (tertiary alicyclic amines) is 1. The van der Waals surface area contributed by atoms with Gasteiger partial charge in [0.2, 0.25) is 10.0 Å². The monoisotopic (exact) mass is 443 g/mol. The fourth-order valence-electron chi connectivity index (χ4n) is 3.96. The Hall–Kier alpha value is -2.38. The average Bonchev–Trinajstić information content (AvgIpc) is 2.74. The lowest BCUT2D eigenvalue weighted by Gasteiger charge is -2.28. The number of hydrogen-bond acceptors (Lipinski definition) is 4. The van der Waals surface area contributed by atoms with Crippen molar-refractivity contribution in [3.63, 3.8) is 0 Å². The minimum atomic E-state index is -3.47. The molecule has 1 N–H and O–H groups in total. The highest BCUT2D eigenvalue weighted by atomic mass is 32.2. The highest BCUT2D eigenvalue weighted by Gasteiger charge is 2.20. The van der Waals surface area contributed by atoms with Crippen LogP contribution in [-0.4, -0.2) is 52.2 Å². The van der Waals surface area contributed by atoms with Crippen molar-refractivity contribution in [2.75, 3.05) is 37.2 Å². The molecule has 0 aliphatic carbocycles. The average molecular weight is 444 g/mol. The molecule has 168 valence electrons. The summed E-state index contributed by atoms with van der Waals surface area (Å²) in [7, 11) is -1.32. The van der Waals surface area contributed by atoms with Crippen LogP contribution in [0.5, 0.6) is 0 Å². The summed E-state index contributed by atoms with van der Waals surface area (Å²) in [5.74, 6) is 0.549. The predicted octanol–water partition coefficient (Wildman–Crippen LogP) is 3.42. The third kappa shape index (κ3) is 6.55. The first-order chi connectivity index (χ1) is 14.7. The van der Waals surface area contributed by atoms with Crippen molar-refractivity contribution in [3.05, 3.63) is 65.2 Å². The van der Waals surface area contributed by atoms with Crippen molar-refractivity contribution in [3.8, 4) is 0 Å². The summed E-state index contributed by atoms with van der Waals surface area (Å²) >= 11 is 0. The molecular weight excluding hydrogens is 410 g/mol. The van der Waals surface area contributed by atoms with Crippen LogP contribution in [0, 0.1) is 12.8 Å². The molecule has 1 amide bonds. The number of aryl methyl sites for hydroxylation is 1. The number of rotatable bonds is 8. The number of carbonyl (C=O) groups excluding carboxylic acids is 1. The molecule has 3 rings (SSSR count). The fraction of sp³-hybridized carbons (Fsp3) is 0.458. The molecule has 6 nitrogen and oxygen atoms in total. The van der Waals surface area contributed by atoms with Gasteiger partial charge in [-0.15, -0.1) is 0 Å². The summed E-state index contributed by atoms with van der Waals surface area (Å²) in [5.41, 5.74) is 3.07. The maximum atomic E-state index is 12.5. The van der Waals surface area contributed by atoms with Gasteiger partial charge in [-0.25, -0.2) is 8.42 Å². The van der Waals surface area contributed by atoms with Crippen molar-refractivity contribution >= 4 is 21.6 Å². The van der Waals surface area contributed by atoms with Crippen LogP contribution in [-0.2, 0) is 16.6 Å². The minimum Gasteiger partial charge on any atom is -0.352 e. The number of sulfonamides is 1. The normalized spacial score (nSPS) is 15.6. The topological polar surface area (TPSA) is 69.7 Å². The van der Waals surface area contributed by atoms with Gasteiger partial charge in [0.25, 0.3) is 5.91 Å². The molecule has 0 spiro atoms. The van der Waals surface area contributed by atoms with Crippen molar-refractivity contribution in [2.45, 2.75) is 32.7 Å². The predicted molar refractivity (Wildman–Crippen MR) is 126 cm³/mol. The third-order valence-corrected chi connectivity index (χ3v) is 7.21. The van der Waals surface area contributed by atoms with Crippen molar-refractivity contribution < 1.29 is 13.2 Å². The van der Waals surface area contributed by atoms with Gasteiger partial charge in [0.1, 0.15) is 0 Å². The first kappa shape index (κ1) is 23.3. The SMILES string of the molecule is Cc1ccccc1CN(c1ccc(C(=O)NCCC2CCN(C)CC2)cc1)S(C)(=O)=O. The fourth-order valence-corrected chi connectivity index (χ4v) is 4.84. The van der Waals surface area contributed by atoms with Gasteiger partial charge in [-0.2, -0.15) is 0 Å². The minimum absolute atomic E-state index is 0.121. The molecule has 1 saturated heterocycles. The van der Waals surface area contributed by atoms with E-state index in [1.54, 1.807) is 24.3 Å². The molecule has 0 bridgehead atoms. The smallest absolute Gasteiger partial charge is 0.251 e. The van der Waals surface area contributed by atoms with E-state index in [9.17, 15) is 13.2 Å². The molecule has 0 atom stereocenters. The van der Waals surface area contributed by atoms with Gasteiger partial charge < -0.3 is 10.2 Å². The second-order valence-corrected chi connectivity index (χ2v) is 10.4. The molecule has 2 aromatic carbocycles. The van der Waals surface area contributed by atoms with Gasteiger partial charge >= 0.3 is 0 Å². The van der Waals surface area contributed by atoms with Crippen LogP contribution in [0.4, 0.5) is 5.69 Å². The first-order valence-corrected chi connectivity index (χ1v) is 12.7.